The van der Waals surface area contributed by atoms with E-state index in [4.69, 9.17) is 16.3 Å². The summed E-state index contributed by atoms with van der Waals surface area (Å²) in [7, 11) is 0. The van der Waals surface area contributed by atoms with Crippen molar-refractivity contribution in [2.24, 2.45) is 5.92 Å². The number of hydrogen-bond donors (Lipinski definition) is 1. The van der Waals surface area contributed by atoms with Crippen LogP contribution in [0.5, 0.6) is 5.75 Å². The van der Waals surface area contributed by atoms with Gasteiger partial charge in [0.15, 0.2) is 0 Å². The minimum atomic E-state index is -2.51. The van der Waals surface area contributed by atoms with Crippen LogP contribution in [0, 0.1) is 5.92 Å². The third-order valence-corrected chi connectivity index (χ3v) is 4.61. The molecule has 1 aliphatic carbocycles. The minimum absolute atomic E-state index is 0.0761. The molecule has 2 aromatic heterocycles. The third kappa shape index (κ3) is 3.70. The van der Waals surface area contributed by atoms with Crippen molar-refractivity contribution >= 4 is 33.9 Å². The smallest absolute Gasteiger partial charge is 0.248 e. The molecule has 4 rings (SSSR count). The van der Waals surface area contributed by atoms with E-state index in [1.54, 1.807) is 18.5 Å². The number of fused-ring (bicyclic) bond motifs is 1. The first-order valence-electron chi connectivity index (χ1n) is 8.26. The zero-order valence-corrected chi connectivity index (χ0v) is 14.5. The maximum Gasteiger partial charge on any atom is 0.248 e. The van der Waals surface area contributed by atoms with E-state index in [9.17, 15) is 8.78 Å². The monoisotopic (exact) mass is 375 g/mol. The molecule has 0 saturated heterocycles. The summed E-state index contributed by atoms with van der Waals surface area (Å²) in [5, 5.41) is 5.50. The van der Waals surface area contributed by atoms with Crippen LogP contribution in [0.3, 0.4) is 0 Å². The fourth-order valence-electron chi connectivity index (χ4n) is 3.05. The van der Waals surface area contributed by atoms with E-state index in [0.29, 0.717) is 23.3 Å². The zero-order chi connectivity index (χ0) is 18.1. The van der Waals surface area contributed by atoms with Crippen molar-refractivity contribution < 1.29 is 13.5 Å². The van der Waals surface area contributed by atoms with Crippen molar-refractivity contribution in [3.63, 3.8) is 0 Å². The Balaban J connectivity index is 1.49. The Bertz CT molecular complexity index is 926. The quantitative estimate of drug-likeness (QED) is 0.602. The zero-order valence-electron chi connectivity index (χ0n) is 13.8. The molecule has 134 valence electrons. The molecule has 0 atom stereocenters. The largest absolute Gasteiger partial charge is 0.493 e. The van der Waals surface area contributed by atoms with Crippen LogP contribution in [0.1, 0.15) is 12.8 Å². The second-order valence-electron chi connectivity index (χ2n) is 6.48. The second kappa shape index (κ2) is 6.68. The number of nitrogens with zero attached hydrogens (tertiary/aromatic N) is 2. The van der Waals surface area contributed by atoms with Gasteiger partial charge in [0.05, 0.1) is 18.5 Å². The van der Waals surface area contributed by atoms with Gasteiger partial charge in [-0.05, 0) is 41.8 Å². The number of nitrogens with one attached hydrogen (secondary N) is 1. The molecule has 0 unspecified atom stereocenters. The van der Waals surface area contributed by atoms with Gasteiger partial charge in [-0.25, -0.2) is 18.7 Å². The summed E-state index contributed by atoms with van der Waals surface area (Å²) in [6, 6.07) is 11.0. The van der Waals surface area contributed by atoms with E-state index in [-0.39, 0.29) is 18.8 Å². The standard InChI is InChI=1S/C19H16ClF2N3O/c20-17-4-1-14(10-24-17)25-18-16-3-2-15(7-13(16)5-6-23-18)26-11-12-8-19(21,22)9-12/h1-7,10,12H,8-9,11H2,(H,23,25). The van der Waals surface area contributed by atoms with Crippen molar-refractivity contribution in [1.29, 1.82) is 0 Å². The van der Waals surface area contributed by atoms with Gasteiger partial charge in [-0.1, -0.05) is 11.6 Å². The van der Waals surface area contributed by atoms with E-state index in [2.05, 4.69) is 15.3 Å². The summed E-state index contributed by atoms with van der Waals surface area (Å²) in [5.41, 5.74) is 0.778. The molecule has 0 aliphatic heterocycles. The fraction of sp³-hybridized carbons (Fsp3) is 0.263. The third-order valence-electron chi connectivity index (χ3n) is 4.39. The average molecular weight is 376 g/mol. The molecule has 3 aromatic rings. The van der Waals surface area contributed by atoms with Crippen LogP contribution in [0.4, 0.5) is 20.3 Å². The Morgan fingerprint density at radius 3 is 2.73 bits per heavy atom. The molecule has 26 heavy (non-hydrogen) atoms. The predicted molar refractivity (Wildman–Crippen MR) is 97.4 cm³/mol. The van der Waals surface area contributed by atoms with Gasteiger partial charge in [0.25, 0.3) is 0 Å². The summed E-state index contributed by atoms with van der Waals surface area (Å²) >= 11 is 5.80. The number of hydrogen-bond acceptors (Lipinski definition) is 4. The molecule has 4 nitrogen and oxygen atoms in total. The first-order chi connectivity index (χ1) is 12.5. The lowest BCUT2D eigenvalue weighted by molar-refractivity contribution is -0.119. The summed E-state index contributed by atoms with van der Waals surface area (Å²) in [4.78, 5) is 8.41. The summed E-state index contributed by atoms with van der Waals surface area (Å²) in [6.45, 7) is 0.313. The number of benzene rings is 1. The molecular weight excluding hydrogens is 360 g/mol. The van der Waals surface area contributed by atoms with Gasteiger partial charge in [-0.3, -0.25) is 0 Å². The lowest BCUT2D eigenvalue weighted by atomic mass is 9.82. The highest BCUT2D eigenvalue weighted by Crippen LogP contribution is 2.42. The highest BCUT2D eigenvalue weighted by Gasteiger charge is 2.45. The molecule has 1 aliphatic rings. The van der Waals surface area contributed by atoms with Crippen LogP contribution in [0.25, 0.3) is 10.8 Å². The Hall–Kier alpha value is -2.47. The first-order valence-corrected chi connectivity index (χ1v) is 8.64. The van der Waals surface area contributed by atoms with Gasteiger partial charge in [0, 0.05) is 30.3 Å². The Kier molecular flexibility index (Phi) is 4.36. The summed E-state index contributed by atoms with van der Waals surface area (Å²) in [6.07, 6.45) is 3.15. The van der Waals surface area contributed by atoms with Crippen molar-refractivity contribution in [3.05, 3.63) is 53.9 Å². The number of anilines is 2. The molecule has 1 fully saturated rings. The Morgan fingerprint density at radius 1 is 1.15 bits per heavy atom. The van der Waals surface area contributed by atoms with Crippen molar-refractivity contribution in [1.82, 2.24) is 9.97 Å². The molecule has 1 N–H and O–H groups in total. The van der Waals surface area contributed by atoms with Gasteiger partial charge in [-0.15, -0.1) is 0 Å². The normalized spacial score (nSPS) is 16.3. The molecule has 0 bridgehead atoms. The van der Waals surface area contributed by atoms with E-state index in [0.717, 1.165) is 16.5 Å². The van der Waals surface area contributed by atoms with Crippen LogP contribution in [-0.4, -0.2) is 22.5 Å². The Morgan fingerprint density at radius 2 is 2.00 bits per heavy atom. The number of halogens is 3. The highest BCUT2D eigenvalue weighted by atomic mass is 35.5. The topological polar surface area (TPSA) is 47.0 Å². The van der Waals surface area contributed by atoms with Gasteiger partial charge in [0.2, 0.25) is 5.92 Å². The second-order valence-corrected chi connectivity index (χ2v) is 6.87. The van der Waals surface area contributed by atoms with Crippen LogP contribution < -0.4 is 10.1 Å². The van der Waals surface area contributed by atoms with Crippen molar-refractivity contribution in [3.8, 4) is 5.75 Å². The first kappa shape index (κ1) is 17.0. The number of aromatic nitrogens is 2. The van der Waals surface area contributed by atoms with Gasteiger partial charge in [0.1, 0.15) is 16.7 Å². The Labute approximate surface area is 154 Å². The SMILES string of the molecule is FC1(F)CC(COc2ccc3c(Nc4ccc(Cl)nc4)nccc3c2)C1. The van der Waals surface area contributed by atoms with Crippen molar-refractivity contribution in [2.45, 2.75) is 18.8 Å². The molecule has 1 saturated carbocycles. The lowest BCUT2D eigenvalue weighted by Crippen LogP contribution is -2.38. The maximum atomic E-state index is 12.9. The van der Waals surface area contributed by atoms with Gasteiger partial charge < -0.3 is 10.1 Å². The van der Waals surface area contributed by atoms with Crippen LogP contribution >= 0.6 is 11.6 Å². The molecule has 2 heterocycles. The predicted octanol–water partition coefficient (Wildman–Crippen LogP) is 5.45. The average Bonchev–Trinajstić information content (AvgIpc) is 2.60. The van der Waals surface area contributed by atoms with Crippen LogP contribution in [0.15, 0.2) is 48.8 Å². The summed E-state index contributed by atoms with van der Waals surface area (Å²) < 4.78 is 31.5. The van der Waals surface area contributed by atoms with Crippen LogP contribution in [-0.2, 0) is 0 Å². The number of rotatable bonds is 5. The molecule has 7 heteroatoms. The summed E-state index contributed by atoms with van der Waals surface area (Å²) in [5.74, 6) is -1.23. The van der Waals surface area contributed by atoms with E-state index in [1.807, 2.05) is 30.3 Å². The highest BCUT2D eigenvalue weighted by molar-refractivity contribution is 6.29. The van der Waals surface area contributed by atoms with Gasteiger partial charge in [-0.2, -0.15) is 0 Å². The molecule has 1 aromatic carbocycles. The van der Waals surface area contributed by atoms with Crippen LogP contribution in [0.2, 0.25) is 5.15 Å². The minimum Gasteiger partial charge on any atom is -0.493 e. The molecule has 0 spiro atoms. The van der Waals surface area contributed by atoms with E-state index >= 15 is 0 Å². The van der Waals surface area contributed by atoms with E-state index in [1.165, 1.54) is 0 Å². The van der Waals surface area contributed by atoms with E-state index < -0.39 is 5.92 Å². The van der Waals surface area contributed by atoms with Gasteiger partial charge >= 0.3 is 0 Å². The number of ether oxygens (including phenoxy) is 1. The molecule has 0 radical (unpaired) electrons. The number of pyridine rings is 2. The molecular formula is C19H16ClF2N3O. The van der Waals surface area contributed by atoms with Crippen molar-refractivity contribution in [2.75, 3.05) is 11.9 Å². The fourth-order valence-corrected chi connectivity index (χ4v) is 3.16. The molecule has 0 amide bonds. The maximum absolute atomic E-state index is 12.9. The lowest BCUT2D eigenvalue weighted by Gasteiger charge is -2.34. The number of alkyl halides is 2.